The lowest BCUT2D eigenvalue weighted by Crippen LogP contribution is -1.99. The maximum absolute atomic E-state index is 5.19. The molecular weight excluding hydrogens is 300 g/mol. The smallest absolute Gasteiger partial charge is 0.118 e. The van der Waals surface area contributed by atoms with Crippen LogP contribution >= 0.6 is 0 Å². The molecule has 1 aromatic carbocycles. The molecule has 5 heteroatoms. The summed E-state index contributed by atoms with van der Waals surface area (Å²) < 4.78 is 7.10. The zero-order chi connectivity index (χ0) is 16.4. The van der Waals surface area contributed by atoms with Crippen molar-refractivity contribution in [2.24, 2.45) is 0 Å². The molecule has 0 unspecified atom stereocenters. The van der Waals surface area contributed by atoms with E-state index in [0.717, 1.165) is 33.5 Å². The van der Waals surface area contributed by atoms with Gasteiger partial charge >= 0.3 is 0 Å². The van der Waals surface area contributed by atoms with Gasteiger partial charge in [-0.2, -0.15) is 5.10 Å². The van der Waals surface area contributed by atoms with Crippen LogP contribution in [0.4, 0.5) is 0 Å². The maximum atomic E-state index is 5.19. The first-order chi connectivity index (χ1) is 11.8. The highest BCUT2D eigenvalue weighted by atomic mass is 16.5. The average molecular weight is 316 g/mol. The van der Waals surface area contributed by atoms with Gasteiger partial charge in [-0.3, -0.25) is 14.6 Å². The Morgan fingerprint density at radius 1 is 1.00 bits per heavy atom. The van der Waals surface area contributed by atoms with Gasteiger partial charge in [-0.25, -0.2) is 0 Å². The van der Waals surface area contributed by atoms with E-state index in [4.69, 9.17) is 4.74 Å². The van der Waals surface area contributed by atoms with Crippen molar-refractivity contribution in [3.05, 3.63) is 72.8 Å². The second-order valence-electron chi connectivity index (χ2n) is 5.50. The van der Waals surface area contributed by atoms with Crippen LogP contribution in [-0.4, -0.2) is 26.9 Å². The average Bonchev–Trinajstić information content (AvgIpc) is 3.10. The highest BCUT2D eigenvalue weighted by Crippen LogP contribution is 2.24. The van der Waals surface area contributed by atoms with Gasteiger partial charge in [0.05, 0.1) is 31.1 Å². The molecule has 0 aliphatic rings. The highest BCUT2D eigenvalue weighted by Gasteiger charge is 2.08. The molecule has 0 radical (unpaired) electrons. The lowest BCUT2D eigenvalue weighted by Gasteiger charge is -2.04. The van der Waals surface area contributed by atoms with E-state index in [2.05, 4.69) is 15.1 Å². The first-order valence-electron chi connectivity index (χ1n) is 7.69. The van der Waals surface area contributed by atoms with E-state index in [1.165, 1.54) is 0 Å². The lowest BCUT2D eigenvalue weighted by molar-refractivity contribution is 0.414. The Labute approximate surface area is 139 Å². The van der Waals surface area contributed by atoms with E-state index in [1.54, 1.807) is 19.5 Å². The van der Waals surface area contributed by atoms with E-state index in [0.29, 0.717) is 6.54 Å². The van der Waals surface area contributed by atoms with Crippen molar-refractivity contribution in [3.63, 3.8) is 0 Å². The summed E-state index contributed by atoms with van der Waals surface area (Å²) >= 11 is 0. The molecule has 4 rings (SSSR count). The van der Waals surface area contributed by atoms with Crippen LogP contribution < -0.4 is 4.74 Å². The van der Waals surface area contributed by atoms with Gasteiger partial charge in [-0.05, 0) is 35.9 Å². The number of hydrogen-bond donors (Lipinski definition) is 0. The summed E-state index contributed by atoms with van der Waals surface area (Å²) in [6, 6.07) is 13.9. The summed E-state index contributed by atoms with van der Waals surface area (Å²) in [5, 5.41) is 5.49. The van der Waals surface area contributed by atoms with Crippen molar-refractivity contribution < 1.29 is 4.74 Å². The Morgan fingerprint density at radius 3 is 2.71 bits per heavy atom. The van der Waals surface area contributed by atoms with Crippen LogP contribution in [0.3, 0.4) is 0 Å². The van der Waals surface area contributed by atoms with Gasteiger partial charge in [0, 0.05) is 29.5 Å². The number of pyridine rings is 2. The first-order valence-corrected chi connectivity index (χ1v) is 7.69. The van der Waals surface area contributed by atoms with E-state index < -0.39 is 0 Å². The Bertz CT molecular complexity index is 971. The number of ether oxygens (including phenoxy) is 1. The Morgan fingerprint density at radius 2 is 1.88 bits per heavy atom. The van der Waals surface area contributed by atoms with Gasteiger partial charge in [-0.15, -0.1) is 0 Å². The summed E-state index contributed by atoms with van der Waals surface area (Å²) in [6.07, 6.45) is 7.43. The monoisotopic (exact) mass is 316 g/mol. The second kappa shape index (κ2) is 6.12. The number of benzene rings is 1. The van der Waals surface area contributed by atoms with E-state index >= 15 is 0 Å². The molecule has 3 heterocycles. The Hall–Kier alpha value is -3.21. The van der Waals surface area contributed by atoms with Crippen molar-refractivity contribution in [1.29, 1.82) is 0 Å². The molecule has 0 N–H and O–H groups in total. The molecule has 0 amide bonds. The zero-order valence-corrected chi connectivity index (χ0v) is 13.3. The summed E-state index contributed by atoms with van der Waals surface area (Å²) in [6.45, 7) is 0.701. The van der Waals surface area contributed by atoms with Gasteiger partial charge < -0.3 is 4.74 Å². The summed E-state index contributed by atoms with van der Waals surface area (Å²) in [4.78, 5) is 8.89. The van der Waals surface area contributed by atoms with Crippen molar-refractivity contribution in [1.82, 2.24) is 19.7 Å². The van der Waals surface area contributed by atoms with Gasteiger partial charge in [0.1, 0.15) is 5.75 Å². The first kappa shape index (κ1) is 14.4. The quantitative estimate of drug-likeness (QED) is 0.578. The second-order valence-corrected chi connectivity index (χ2v) is 5.50. The number of hydrogen-bond acceptors (Lipinski definition) is 4. The van der Waals surface area contributed by atoms with E-state index in [1.807, 2.05) is 59.5 Å². The number of rotatable bonds is 4. The SMILES string of the molecule is COc1ccc(Cn2cc(-c3nccc4ncccc34)cn2)cc1. The Kier molecular flexibility index (Phi) is 3.67. The third kappa shape index (κ3) is 2.72. The third-order valence-corrected chi connectivity index (χ3v) is 3.94. The van der Waals surface area contributed by atoms with Gasteiger partial charge in [0.25, 0.3) is 0 Å². The fraction of sp³-hybridized carbons (Fsp3) is 0.105. The molecule has 4 aromatic rings. The Balaban J connectivity index is 1.64. The summed E-state index contributed by atoms with van der Waals surface area (Å²) in [5.74, 6) is 0.854. The molecule has 0 saturated carbocycles. The standard InChI is InChI=1S/C19H16N4O/c1-24-16-6-4-14(5-7-16)12-23-13-15(11-22-23)19-17-3-2-9-20-18(17)8-10-21-19/h2-11,13H,12H2,1H3. The van der Waals surface area contributed by atoms with Crippen molar-refractivity contribution in [2.75, 3.05) is 7.11 Å². The molecule has 3 aromatic heterocycles. The predicted molar refractivity (Wildman–Crippen MR) is 92.9 cm³/mol. The van der Waals surface area contributed by atoms with Gasteiger partial charge in [-0.1, -0.05) is 12.1 Å². The maximum Gasteiger partial charge on any atom is 0.118 e. The highest BCUT2D eigenvalue weighted by molar-refractivity contribution is 5.91. The minimum absolute atomic E-state index is 0.701. The van der Waals surface area contributed by atoms with Gasteiger partial charge in [0.15, 0.2) is 0 Å². The molecule has 24 heavy (non-hydrogen) atoms. The van der Waals surface area contributed by atoms with Crippen molar-refractivity contribution in [3.8, 4) is 17.0 Å². The van der Waals surface area contributed by atoms with Crippen LogP contribution in [0.15, 0.2) is 67.3 Å². The molecule has 0 spiro atoms. The molecule has 0 aliphatic carbocycles. The van der Waals surface area contributed by atoms with Crippen LogP contribution in [-0.2, 0) is 6.54 Å². The largest absolute Gasteiger partial charge is 0.497 e. The normalized spacial score (nSPS) is 10.9. The topological polar surface area (TPSA) is 52.8 Å². The summed E-state index contributed by atoms with van der Waals surface area (Å²) in [7, 11) is 1.67. The fourth-order valence-corrected chi connectivity index (χ4v) is 2.72. The fourth-order valence-electron chi connectivity index (χ4n) is 2.72. The minimum atomic E-state index is 0.701. The van der Waals surface area contributed by atoms with Crippen LogP contribution in [0.1, 0.15) is 5.56 Å². The number of nitrogens with zero attached hydrogens (tertiary/aromatic N) is 4. The van der Waals surface area contributed by atoms with Crippen LogP contribution in [0, 0.1) is 0 Å². The van der Waals surface area contributed by atoms with Crippen molar-refractivity contribution in [2.45, 2.75) is 6.54 Å². The number of methoxy groups -OCH3 is 1. The lowest BCUT2D eigenvalue weighted by atomic mass is 10.1. The molecule has 0 saturated heterocycles. The molecule has 0 fully saturated rings. The third-order valence-electron chi connectivity index (χ3n) is 3.94. The predicted octanol–water partition coefficient (Wildman–Crippen LogP) is 3.55. The van der Waals surface area contributed by atoms with Gasteiger partial charge in [0.2, 0.25) is 0 Å². The summed E-state index contributed by atoms with van der Waals surface area (Å²) in [5.41, 5.74) is 3.99. The number of fused-ring (bicyclic) bond motifs is 1. The van der Waals surface area contributed by atoms with Crippen molar-refractivity contribution >= 4 is 10.9 Å². The molecule has 5 nitrogen and oxygen atoms in total. The molecule has 0 aliphatic heterocycles. The van der Waals surface area contributed by atoms with Crippen LogP contribution in [0.25, 0.3) is 22.2 Å². The zero-order valence-electron chi connectivity index (χ0n) is 13.3. The van der Waals surface area contributed by atoms with Crippen LogP contribution in [0.5, 0.6) is 5.75 Å². The minimum Gasteiger partial charge on any atom is -0.497 e. The van der Waals surface area contributed by atoms with E-state index in [-0.39, 0.29) is 0 Å². The van der Waals surface area contributed by atoms with Crippen LogP contribution in [0.2, 0.25) is 0 Å². The molecule has 118 valence electrons. The molecular formula is C19H16N4O. The molecule has 0 atom stereocenters. The number of aromatic nitrogens is 4. The molecule has 0 bridgehead atoms. The van der Waals surface area contributed by atoms with E-state index in [9.17, 15) is 0 Å².